The van der Waals surface area contributed by atoms with E-state index in [0.717, 1.165) is 0 Å². The first-order valence-corrected chi connectivity index (χ1v) is 5.18. The quantitative estimate of drug-likeness (QED) is 0.828. The van der Waals surface area contributed by atoms with Crippen LogP contribution in [0.5, 0.6) is 11.6 Å². The van der Waals surface area contributed by atoms with Crippen LogP contribution in [-0.2, 0) is 0 Å². The first-order valence-electron chi connectivity index (χ1n) is 5.18. The highest BCUT2D eigenvalue weighted by Gasteiger charge is 2.09. The van der Waals surface area contributed by atoms with Gasteiger partial charge in [0.2, 0.25) is 5.88 Å². The van der Waals surface area contributed by atoms with Crippen LogP contribution >= 0.6 is 0 Å². The average molecular weight is 242 g/mol. The van der Waals surface area contributed by atoms with Crippen molar-refractivity contribution < 1.29 is 14.3 Å². The van der Waals surface area contributed by atoms with Crippen LogP contribution in [0.25, 0.3) is 0 Å². The third kappa shape index (κ3) is 2.52. The van der Waals surface area contributed by atoms with Crippen LogP contribution in [0.4, 0.5) is 0 Å². The Morgan fingerprint density at radius 1 is 1.22 bits per heavy atom. The van der Waals surface area contributed by atoms with Crippen molar-refractivity contribution in [3.8, 4) is 11.6 Å². The number of carbonyl (C=O) groups is 2. The van der Waals surface area contributed by atoms with E-state index < -0.39 is 5.91 Å². The second kappa shape index (κ2) is 5.09. The van der Waals surface area contributed by atoms with Gasteiger partial charge in [-0.2, -0.15) is 0 Å². The lowest BCUT2D eigenvalue weighted by Crippen LogP contribution is -2.12. The summed E-state index contributed by atoms with van der Waals surface area (Å²) < 4.78 is 5.44. The van der Waals surface area contributed by atoms with Crippen molar-refractivity contribution in [3.05, 3.63) is 53.7 Å². The summed E-state index contributed by atoms with van der Waals surface area (Å²) in [6.45, 7) is 0. The standard InChI is InChI=1S/C13H10N2O3/c14-13(17)10-3-1-2-4-11(10)18-12-6-5-9(8-16)7-15-12/h1-8H,(H2,14,17). The number of hydrogen-bond acceptors (Lipinski definition) is 4. The number of hydrogen-bond donors (Lipinski definition) is 1. The van der Waals surface area contributed by atoms with Gasteiger partial charge in [0.15, 0.2) is 6.29 Å². The van der Waals surface area contributed by atoms with E-state index in [1.165, 1.54) is 6.20 Å². The maximum atomic E-state index is 11.2. The lowest BCUT2D eigenvalue weighted by Gasteiger charge is -2.07. The first kappa shape index (κ1) is 11.8. The minimum atomic E-state index is -0.574. The van der Waals surface area contributed by atoms with Gasteiger partial charge in [-0.15, -0.1) is 0 Å². The fourth-order valence-electron chi connectivity index (χ4n) is 1.39. The molecule has 0 aliphatic carbocycles. The highest BCUT2D eigenvalue weighted by molar-refractivity contribution is 5.95. The van der Waals surface area contributed by atoms with Crippen LogP contribution in [0.3, 0.4) is 0 Å². The van der Waals surface area contributed by atoms with E-state index in [2.05, 4.69) is 4.98 Å². The molecule has 0 fully saturated rings. The topological polar surface area (TPSA) is 82.3 Å². The number of carbonyl (C=O) groups excluding carboxylic acids is 2. The van der Waals surface area contributed by atoms with Crippen molar-refractivity contribution in [1.29, 1.82) is 0 Å². The monoisotopic (exact) mass is 242 g/mol. The van der Waals surface area contributed by atoms with E-state index in [1.807, 2.05) is 0 Å². The van der Waals surface area contributed by atoms with Gasteiger partial charge in [0.25, 0.3) is 5.91 Å². The molecule has 1 aromatic heterocycles. The predicted octanol–water partition coefficient (Wildman–Crippen LogP) is 1.79. The van der Waals surface area contributed by atoms with Crippen molar-refractivity contribution in [2.75, 3.05) is 0 Å². The Hall–Kier alpha value is -2.69. The lowest BCUT2D eigenvalue weighted by atomic mass is 10.2. The van der Waals surface area contributed by atoms with Gasteiger partial charge in [0, 0.05) is 17.8 Å². The van der Waals surface area contributed by atoms with Gasteiger partial charge in [0.05, 0.1) is 5.56 Å². The molecule has 0 radical (unpaired) electrons. The number of amides is 1. The molecule has 0 atom stereocenters. The number of benzene rings is 1. The largest absolute Gasteiger partial charge is 0.438 e. The molecule has 5 nitrogen and oxygen atoms in total. The third-order valence-corrected chi connectivity index (χ3v) is 2.26. The zero-order valence-corrected chi connectivity index (χ0v) is 9.37. The minimum Gasteiger partial charge on any atom is -0.438 e. The van der Waals surface area contributed by atoms with Gasteiger partial charge in [-0.3, -0.25) is 9.59 Å². The van der Waals surface area contributed by atoms with E-state index in [9.17, 15) is 9.59 Å². The molecule has 2 rings (SSSR count). The summed E-state index contributed by atoms with van der Waals surface area (Å²) in [5.41, 5.74) is 5.95. The summed E-state index contributed by atoms with van der Waals surface area (Å²) >= 11 is 0. The van der Waals surface area contributed by atoms with Crippen LogP contribution in [0, 0.1) is 0 Å². The Morgan fingerprint density at radius 3 is 2.61 bits per heavy atom. The highest BCUT2D eigenvalue weighted by atomic mass is 16.5. The molecule has 2 aromatic rings. The zero-order valence-electron chi connectivity index (χ0n) is 9.37. The van der Waals surface area contributed by atoms with Crippen molar-refractivity contribution >= 4 is 12.2 Å². The van der Waals surface area contributed by atoms with Gasteiger partial charge in [0.1, 0.15) is 5.75 Å². The molecule has 18 heavy (non-hydrogen) atoms. The molecule has 0 bridgehead atoms. The summed E-state index contributed by atoms with van der Waals surface area (Å²) in [6, 6.07) is 9.72. The molecular formula is C13H10N2O3. The molecule has 0 saturated heterocycles. The number of aromatic nitrogens is 1. The number of pyridine rings is 1. The van der Waals surface area contributed by atoms with E-state index in [-0.39, 0.29) is 11.4 Å². The maximum Gasteiger partial charge on any atom is 0.252 e. The van der Waals surface area contributed by atoms with Crippen LogP contribution < -0.4 is 10.5 Å². The first-order chi connectivity index (χ1) is 8.70. The van der Waals surface area contributed by atoms with Crippen molar-refractivity contribution in [1.82, 2.24) is 4.98 Å². The molecule has 90 valence electrons. The Labute approximate surface area is 103 Å². The smallest absolute Gasteiger partial charge is 0.252 e. The van der Waals surface area contributed by atoms with Gasteiger partial charge in [-0.05, 0) is 18.2 Å². The number of para-hydroxylation sites is 1. The second-order valence-electron chi connectivity index (χ2n) is 3.51. The van der Waals surface area contributed by atoms with Crippen LogP contribution in [0.2, 0.25) is 0 Å². The lowest BCUT2D eigenvalue weighted by molar-refractivity contribution is 0.0997. The molecular weight excluding hydrogens is 232 g/mol. The molecule has 0 aliphatic rings. The number of ether oxygens (including phenoxy) is 1. The fourth-order valence-corrected chi connectivity index (χ4v) is 1.39. The van der Waals surface area contributed by atoms with E-state index in [4.69, 9.17) is 10.5 Å². The molecule has 0 unspecified atom stereocenters. The van der Waals surface area contributed by atoms with Crippen molar-refractivity contribution in [2.45, 2.75) is 0 Å². The summed E-state index contributed by atoms with van der Waals surface area (Å²) in [5.74, 6) is 0.0424. The Kier molecular flexibility index (Phi) is 3.33. The summed E-state index contributed by atoms with van der Waals surface area (Å²) in [4.78, 5) is 25.6. The normalized spacial score (nSPS) is 9.78. The van der Waals surface area contributed by atoms with Crippen molar-refractivity contribution in [3.63, 3.8) is 0 Å². The number of nitrogens with zero attached hydrogens (tertiary/aromatic N) is 1. The predicted molar refractivity (Wildman–Crippen MR) is 64.7 cm³/mol. The Bertz CT molecular complexity index is 579. The third-order valence-electron chi connectivity index (χ3n) is 2.26. The van der Waals surface area contributed by atoms with Crippen molar-refractivity contribution in [2.24, 2.45) is 5.73 Å². The van der Waals surface area contributed by atoms with Gasteiger partial charge >= 0.3 is 0 Å². The maximum absolute atomic E-state index is 11.2. The van der Waals surface area contributed by atoms with Gasteiger partial charge < -0.3 is 10.5 Å². The SMILES string of the molecule is NC(=O)c1ccccc1Oc1ccc(C=O)cn1. The average Bonchev–Trinajstić information content (AvgIpc) is 2.40. The number of nitrogens with two attached hydrogens (primary N) is 1. The molecule has 1 aromatic carbocycles. The molecule has 1 heterocycles. The van der Waals surface area contributed by atoms with E-state index >= 15 is 0 Å². The van der Waals surface area contributed by atoms with Crippen LogP contribution in [-0.4, -0.2) is 17.2 Å². The molecule has 0 aliphatic heterocycles. The number of rotatable bonds is 4. The van der Waals surface area contributed by atoms with Gasteiger partial charge in [-0.1, -0.05) is 12.1 Å². The van der Waals surface area contributed by atoms with Gasteiger partial charge in [-0.25, -0.2) is 4.98 Å². The molecule has 0 saturated carbocycles. The molecule has 0 spiro atoms. The number of primary amides is 1. The van der Waals surface area contributed by atoms with E-state index in [1.54, 1.807) is 36.4 Å². The molecule has 2 N–H and O–H groups in total. The Balaban J connectivity index is 2.28. The highest BCUT2D eigenvalue weighted by Crippen LogP contribution is 2.23. The number of aldehydes is 1. The zero-order chi connectivity index (χ0) is 13.0. The molecule has 5 heteroatoms. The Morgan fingerprint density at radius 2 is 2.00 bits per heavy atom. The van der Waals surface area contributed by atoms with Crippen LogP contribution in [0.15, 0.2) is 42.6 Å². The minimum absolute atomic E-state index is 0.277. The molecule has 1 amide bonds. The van der Waals surface area contributed by atoms with E-state index in [0.29, 0.717) is 17.6 Å². The van der Waals surface area contributed by atoms with Crippen LogP contribution in [0.1, 0.15) is 20.7 Å². The fraction of sp³-hybridized carbons (Fsp3) is 0. The summed E-state index contributed by atoms with van der Waals surface area (Å²) in [6.07, 6.45) is 2.07. The summed E-state index contributed by atoms with van der Waals surface area (Å²) in [5, 5.41) is 0. The second-order valence-corrected chi connectivity index (χ2v) is 3.51. The summed E-state index contributed by atoms with van der Waals surface area (Å²) in [7, 11) is 0.